The van der Waals surface area contributed by atoms with Crippen LogP contribution in [0.25, 0.3) is 0 Å². The third-order valence-corrected chi connectivity index (χ3v) is 2.90. The molecule has 20 heavy (non-hydrogen) atoms. The molecule has 5 nitrogen and oxygen atoms in total. The van der Waals surface area contributed by atoms with E-state index in [1.807, 2.05) is 20.8 Å². The summed E-state index contributed by atoms with van der Waals surface area (Å²) in [7, 11) is 0. The molecule has 0 bridgehead atoms. The number of anilines is 1. The molecule has 1 aromatic carbocycles. The van der Waals surface area contributed by atoms with Crippen molar-refractivity contribution >= 4 is 11.6 Å². The fourth-order valence-electron chi connectivity index (χ4n) is 2.07. The van der Waals surface area contributed by atoms with Gasteiger partial charge < -0.3 is 20.9 Å². The summed E-state index contributed by atoms with van der Waals surface area (Å²) in [5.41, 5.74) is 6.57. The van der Waals surface area contributed by atoms with E-state index in [1.165, 1.54) is 0 Å². The second-order valence-electron chi connectivity index (χ2n) is 5.14. The SMILES string of the molecule is CCOc1cccc(N)c1C(=O)NC(CO)CC(C)C. The van der Waals surface area contributed by atoms with E-state index >= 15 is 0 Å². The average Bonchev–Trinajstić information content (AvgIpc) is 2.37. The highest BCUT2D eigenvalue weighted by atomic mass is 16.5. The van der Waals surface area contributed by atoms with Crippen molar-refractivity contribution in [2.75, 3.05) is 18.9 Å². The zero-order valence-corrected chi connectivity index (χ0v) is 12.3. The Morgan fingerprint density at radius 2 is 2.15 bits per heavy atom. The van der Waals surface area contributed by atoms with Crippen molar-refractivity contribution in [2.45, 2.75) is 33.2 Å². The maximum absolute atomic E-state index is 12.3. The molecule has 1 aromatic rings. The summed E-state index contributed by atoms with van der Waals surface area (Å²) in [4.78, 5) is 12.3. The van der Waals surface area contributed by atoms with Crippen LogP contribution in [0.3, 0.4) is 0 Å². The van der Waals surface area contributed by atoms with Gasteiger partial charge in [0, 0.05) is 5.69 Å². The summed E-state index contributed by atoms with van der Waals surface area (Å²) < 4.78 is 5.43. The average molecular weight is 280 g/mol. The van der Waals surface area contributed by atoms with E-state index < -0.39 is 0 Å². The van der Waals surface area contributed by atoms with Gasteiger partial charge in [0.05, 0.1) is 19.3 Å². The quantitative estimate of drug-likeness (QED) is 0.665. The van der Waals surface area contributed by atoms with Crippen molar-refractivity contribution in [3.63, 3.8) is 0 Å². The van der Waals surface area contributed by atoms with Crippen molar-refractivity contribution in [1.29, 1.82) is 0 Å². The molecule has 1 amide bonds. The maximum Gasteiger partial charge on any atom is 0.257 e. The lowest BCUT2D eigenvalue weighted by Crippen LogP contribution is -2.38. The molecule has 112 valence electrons. The fraction of sp³-hybridized carbons (Fsp3) is 0.533. The number of carbonyl (C=O) groups is 1. The van der Waals surface area contributed by atoms with Gasteiger partial charge in [-0.2, -0.15) is 0 Å². The largest absolute Gasteiger partial charge is 0.493 e. The van der Waals surface area contributed by atoms with E-state index in [0.29, 0.717) is 35.9 Å². The molecule has 5 heteroatoms. The first-order chi connectivity index (χ1) is 9.49. The monoisotopic (exact) mass is 280 g/mol. The van der Waals surface area contributed by atoms with E-state index in [0.717, 1.165) is 0 Å². The van der Waals surface area contributed by atoms with Crippen LogP contribution in [0.1, 0.15) is 37.6 Å². The Bertz CT molecular complexity index is 447. The zero-order chi connectivity index (χ0) is 15.1. The molecule has 0 aliphatic heterocycles. The lowest BCUT2D eigenvalue weighted by molar-refractivity contribution is 0.0905. The van der Waals surface area contributed by atoms with Crippen LogP contribution < -0.4 is 15.8 Å². The molecule has 1 atom stereocenters. The van der Waals surface area contributed by atoms with Gasteiger partial charge in [-0.3, -0.25) is 4.79 Å². The number of benzene rings is 1. The third-order valence-electron chi connectivity index (χ3n) is 2.90. The van der Waals surface area contributed by atoms with Gasteiger partial charge in [0.25, 0.3) is 5.91 Å². The summed E-state index contributed by atoms with van der Waals surface area (Å²) in [5, 5.41) is 12.1. The van der Waals surface area contributed by atoms with Gasteiger partial charge in [0.15, 0.2) is 0 Å². The van der Waals surface area contributed by atoms with Crippen molar-refractivity contribution in [3.05, 3.63) is 23.8 Å². The van der Waals surface area contributed by atoms with E-state index in [9.17, 15) is 9.90 Å². The van der Waals surface area contributed by atoms with Crippen LogP contribution in [-0.2, 0) is 0 Å². The van der Waals surface area contributed by atoms with E-state index in [1.54, 1.807) is 18.2 Å². The van der Waals surface area contributed by atoms with Gasteiger partial charge in [0.2, 0.25) is 0 Å². The van der Waals surface area contributed by atoms with Crippen molar-refractivity contribution in [3.8, 4) is 5.75 Å². The van der Waals surface area contributed by atoms with Gasteiger partial charge in [-0.25, -0.2) is 0 Å². The second kappa shape index (κ2) is 7.75. The molecule has 1 unspecified atom stereocenters. The first kappa shape index (κ1) is 16.3. The molecule has 0 aromatic heterocycles. The van der Waals surface area contributed by atoms with Gasteiger partial charge in [-0.1, -0.05) is 19.9 Å². The number of aliphatic hydroxyl groups excluding tert-OH is 1. The molecule has 4 N–H and O–H groups in total. The van der Waals surface area contributed by atoms with Crippen LogP contribution in [0.5, 0.6) is 5.75 Å². The van der Waals surface area contributed by atoms with Gasteiger partial charge >= 0.3 is 0 Å². The Morgan fingerprint density at radius 1 is 1.45 bits per heavy atom. The number of amides is 1. The smallest absolute Gasteiger partial charge is 0.257 e. The molecule has 0 aliphatic rings. The zero-order valence-electron chi connectivity index (χ0n) is 12.3. The number of nitrogens with one attached hydrogen (secondary N) is 1. The minimum Gasteiger partial charge on any atom is -0.493 e. The van der Waals surface area contributed by atoms with Crippen LogP contribution in [0, 0.1) is 5.92 Å². The van der Waals surface area contributed by atoms with Crippen LogP contribution >= 0.6 is 0 Å². The number of hydrogen-bond acceptors (Lipinski definition) is 4. The Labute approximate surface area is 120 Å². The van der Waals surface area contributed by atoms with E-state index in [2.05, 4.69) is 5.32 Å². The van der Waals surface area contributed by atoms with Crippen molar-refractivity contribution < 1.29 is 14.6 Å². The Kier molecular flexibility index (Phi) is 6.31. The molecular formula is C15H24N2O3. The van der Waals surface area contributed by atoms with Crippen molar-refractivity contribution in [1.82, 2.24) is 5.32 Å². The van der Waals surface area contributed by atoms with Crippen LogP contribution in [0.4, 0.5) is 5.69 Å². The molecule has 0 spiro atoms. The number of nitrogens with two attached hydrogens (primary N) is 1. The van der Waals surface area contributed by atoms with Crippen LogP contribution in [0.2, 0.25) is 0 Å². The molecule has 0 aliphatic carbocycles. The lowest BCUT2D eigenvalue weighted by Gasteiger charge is -2.20. The molecular weight excluding hydrogens is 256 g/mol. The van der Waals surface area contributed by atoms with E-state index in [4.69, 9.17) is 10.5 Å². The first-order valence-corrected chi connectivity index (χ1v) is 6.92. The molecule has 1 rings (SSSR count). The lowest BCUT2D eigenvalue weighted by atomic mass is 10.0. The molecule has 0 saturated heterocycles. The van der Waals surface area contributed by atoms with Crippen LogP contribution in [0.15, 0.2) is 18.2 Å². The highest BCUT2D eigenvalue weighted by Gasteiger charge is 2.19. The van der Waals surface area contributed by atoms with Gasteiger partial charge in [0.1, 0.15) is 11.3 Å². The highest BCUT2D eigenvalue weighted by molar-refractivity contribution is 6.02. The number of ether oxygens (including phenoxy) is 1. The number of nitrogen functional groups attached to an aromatic ring is 1. The summed E-state index contributed by atoms with van der Waals surface area (Å²) in [6, 6.07) is 4.84. The predicted octanol–water partition coefficient (Wildman–Crippen LogP) is 1.80. The summed E-state index contributed by atoms with van der Waals surface area (Å²) in [5.74, 6) is 0.532. The second-order valence-corrected chi connectivity index (χ2v) is 5.14. The van der Waals surface area contributed by atoms with Gasteiger partial charge in [-0.05, 0) is 31.4 Å². The predicted molar refractivity (Wildman–Crippen MR) is 79.8 cm³/mol. The third kappa shape index (κ3) is 4.42. The molecule has 0 radical (unpaired) electrons. The maximum atomic E-state index is 12.3. The minimum atomic E-state index is -0.314. The topological polar surface area (TPSA) is 84.6 Å². The Hall–Kier alpha value is -1.75. The molecule has 0 fully saturated rings. The number of carbonyl (C=O) groups excluding carboxylic acids is 1. The van der Waals surface area contributed by atoms with Crippen LogP contribution in [-0.4, -0.2) is 30.3 Å². The Morgan fingerprint density at radius 3 is 2.70 bits per heavy atom. The van der Waals surface area contributed by atoms with E-state index in [-0.39, 0.29) is 18.6 Å². The van der Waals surface area contributed by atoms with Gasteiger partial charge in [-0.15, -0.1) is 0 Å². The standard InChI is InChI=1S/C15H24N2O3/c1-4-20-13-7-5-6-12(16)14(13)15(19)17-11(9-18)8-10(2)3/h5-7,10-11,18H,4,8-9,16H2,1-3H3,(H,17,19). The normalized spacial score (nSPS) is 12.2. The number of hydrogen-bond donors (Lipinski definition) is 3. The number of aliphatic hydroxyl groups is 1. The first-order valence-electron chi connectivity index (χ1n) is 6.92. The summed E-state index contributed by atoms with van der Waals surface area (Å²) >= 11 is 0. The minimum absolute atomic E-state index is 0.0966. The summed E-state index contributed by atoms with van der Waals surface area (Å²) in [6.45, 7) is 6.29. The van der Waals surface area contributed by atoms with Crippen molar-refractivity contribution in [2.24, 2.45) is 5.92 Å². The molecule has 0 saturated carbocycles. The highest BCUT2D eigenvalue weighted by Crippen LogP contribution is 2.24. The number of rotatable bonds is 7. The molecule has 0 heterocycles. The fourth-order valence-corrected chi connectivity index (χ4v) is 2.07. The Balaban J connectivity index is 2.90. The summed E-state index contributed by atoms with van der Waals surface area (Å²) in [6.07, 6.45) is 0.707.